The highest BCUT2D eigenvalue weighted by Crippen LogP contribution is 2.43. The minimum Gasteiger partial charge on any atom is -0.351 e. The Morgan fingerprint density at radius 1 is 1.00 bits per heavy atom. The summed E-state index contributed by atoms with van der Waals surface area (Å²) in [4.78, 5) is 13.1. The molecular formula is C23H30N2O3S. The van der Waals surface area contributed by atoms with Crippen LogP contribution >= 0.6 is 0 Å². The van der Waals surface area contributed by atoms with E-state index in [9.17, 15) is 13.2 Å². The quantitative estimate of drug-likeness (QED) is 0.769. The molecule has 0 aromatic heterocycles. The lowest BCUT2D eigenvalue weighted by molar-refractivity contribution is -0.121. The van der Waals surface area contributed by atoms with Crippen LogP contribution in [0.1, 0.15) is 40.2 Å². The van der Waals surface area contributed by atoms with Gasteiger partial charge in [-0.15, -0.1) is 0 Å². The average Bonchev–Trinajstić information content (AvgIpc) is 2.68. The van der Waals surface area contributed by atoms with Crippen molar-refractivity contribution in [1.82, 2.24) is 5.32 Å². The molecule has 0 spiro atoms. The van der Waals surface area contributed by atoms with Gasteiger partial charge in [0.25, 0.3) is 10.0 Å². The molecule has 0 radical (unpaired) electrons. The van der Waals surface area contributed by atoms with Gasteiger partial charge in [-0.25, -0.2) is 8.42 Å². The number of hydrogen-bond donors (Lipinski definition) is 1. The van der Waals surface area contributed by atoms with Crippen LogP contribution in [0.2, 0.25) is 0 Å². The first-order valence-electron chi connectivity index (χ1n) is 10.2. The first-order chi connectivity index (χ1) is 13.7. The highest BCUT2D eigenvalue weighted by molar-refractivity contribution is 7.93. The fraction of sp³-hybridized carbons (Fsp3) is 0.435. The predicted molar refractivity (Wildman–Crippen MR) is 117 cm³/mol. The van der Waals surface area contributed by atoms with Crippen LogP contribution in [0.15, 0.2) is 47.4 Å². The number of aryl methyl sites for hydroxylation is 1. The predicted octanol–water partition coefficient (Wildman–Crippen LogP) is 4.22. The Kier molecular flexibility index (Phi) is 6.03. The average molecular weight is 415 g/mol. The van der Waals surface area contributed by atoms with E-state index >= 15 is 0 Å². The SMILES string of the molecule is CCc1ccc2c(c1)-c1ccccc1S(=O)(=O)N2CC(=O)NC(C(C)C)C(C)C. The summed E-state index contributed by atoms with van der Waals surface area (Å²) < 4.78 is 28.0. The number of fused-ring (bicyclic) bond motifs is 3. The minimum atomic E-state index is -3.81. The van der Waals surface area contributed by atoms with E-state index in [1.807, 2.05) is 30.3 Å². The van der Waals surface area contributed by atoms with Gasteiger partial charge >= 0.3 is 0 Å². The van der Waals surface area contributed by atoms with Gasteiger partial charge in [-0.2, -0.15) is 0 Å². The lowest BCUT2D eigenvalue weighted by Gasteiger charge is -2.33. The molecule has 6 heteroatoms. The maximum Gasteiger partial charge on any atom is 0.265 e. The molecule has 5 nitrogen and oxygen atoms in total. The number of rotatable bonds is 6. The molecular weight excluding hydrogens is 384 g/mol. The van der Waals surface area contributed by atoms with Gasteiger partial charge < -0.3 is 5.32 Å². The van der Waals surface area contributed by atoms with E-state index < -0.39 is 10.0 Å². The van der Waals surface area contributed by atoms with Crippen molar-refractivity contribution in [3.63, 3.8) is 0 Å². The fourth-order valence-electron chi connectivity index (χ4n) is 4.03. The third-order valence-electron chi connectivity index (χ3n) is 5.53. The Morgan fingerprint density at radius 2 is 1.66 bits per heavy atom. The monoisotopic (exact) mass is 414 g/mol. The number of anilines is 1. The van der Waals surface area contributed by atoms with Gasteiger partial charge in [0.1, 0.15) is 6.54 Å². The third kappa shape index (κ3) is 4.04. The number of hydrogen-bond acceptors (Lipinski definition) is 3. The van der Waals surface area contributed by atoms with Gasteiger partial charge in [0, 0.05) is 17.2 Å². The second kappa shape index (κ2) is 8.19. The summed E-state index contributed by atoms with van der Waals surface area (Å²) in [6.45, 7) is 10.1. The van der Waals surface area contributed by atoms with Gasteiger partial charge in [0.15, 0.2) is 0 Å². The number of nitrogens with zero attached hydrogens (tertiary/aromatic N) is 1. The van der Waals surface area contributed by atoms with Crippen LogP contribution in [-0.4, -0.2) is 26.9 Å². The van der Waals surface area contributed by atoms with E-state index in [1.54, 1.807) is 12.1 Å². The topological polar surface area (TPSA) is 66.5 Å². The molecule has 1 heterocycles. The van der Waals surface area contributed by atoms with E-state index in [0.717, 1.165) is 17.5 Å². The van der Waals surface area contributed by atoms with Crippen molar-refractivity contribution < 1.29 is 13.2 Å². The zero-order chi connectivity index (χ0) is 21.3. The highest BCUT2D eigenvalue weighted by atomic mass is 32.2. The molecule has 0 saturated carbocycles. The van der Waals surface area contributed by atoms with E-state index in [2.05, 4.69) is 39.9 Å². The largest absolute Gasteiger partial charge is 0.351 e. The van der Waals surface area contributed by atoms with Crippen LogP contribution in [0.4, 0.5) is 5.69 Å². The summed E-state index contributed by atoms with van der Waals surface area (Å²) >= 11 is 0. The Hall–Kier alpha value is -2.34. The maximum absolute atomic E-state index is 13.4. The number of carbonyl (C=O) groups is 1. The van der Waals surface area contributed by atoms with Crippen LogP contribution < -0.4 is 9.62 Å². The standard InChI is InChI=1S/C23H30N2O3S/c1-6-17-11-12-20-19(13-17)18-9-7-8-10-21(18)29(27,28)25(20)14-22(26)24-23(15(2)3)16(4)5/h7-13,15-16,23H,6,14H2,1-5H3,(H,24,26). The Labute approximate surface area is 174 Å². The molecule has 1 aliphatic heterocycles. The molecule has 0 saturated heterocycles. The number of carbonyl (C=O) groups excluding carboxylic acids is 1. The van der Waals surface area contributed by atoms with Crippen molar-refractivity contribution >= 4 is 21.6 Å². The second-order valence-corrected chi connectivity index (χ2v) is 10.1. The van der Waals surface area contributed by atoms with Gasteiger partial charge in [-0.05, 0) is 42.0 Å². The summed E-state index contributed by atoms with van der Waals surface area (Å²) in [5.74, 6) is 0.236. The molecule has 29 heavy (non-hydrogen) atoms. The lowest BCUT2D eigenvalue weighted by Crippen LogP contribution is -2.48. The minimum absolute atomic E-state index is 0.00998. The maximum atomic E-state index is 13.4. The van der Waals surface area contributed by atoms with E-state index in [4.69, 9.17) is 0 Å². The molecule has 2 aromatic rings. The molecule has 1 N–H and O–H groups in total. The number of amides is 1. The fourth-order valence-corrected chi connectivity index (χ4v) is 5.68. The normalized spacial score (nSPS) is 14.8. The molecule has 3 rings (SSSR count). The molecule has 0 atom stereocenters. The lowest BCUT2D eigenvalue weighted by atomic mass is 9.93. The third-order valence-corrected chi connectivity index (χ3v) is 7.35. The zero-order valence-electron chi connectivity index (χ0n) is 17.8. The molecule has 1 amide bonds. The first kappa shape index (κ1) is 21.4. The number of sulfonamides is 1. The Morgan fingerprint density at radius 3 is 2.28 bits per heavy atom. The van der Waals surface area contributed by atoms with Crippen molar-refractivity contribution in [2.75, 3.05) is 10.8 Å². The summed E-state index contributed by atoms with van der Waals surface area (Å²) in [6, 6.07) is 12.8. The number of nitrogens with one attached hydrogen (secondary N) is 1. The molecule has 156 valence electrons. The van der Waals surface area contributed by atoms with E-state index in [-0.39, 0.29) is 35.2 Å². The molecule has 0 bridgehead atoms. The van der Waals surface area contributed by atoms with Crippen LogP contribution in [0, 0.1) is 11.8 Å². The van der Waals surface area contributed by atoms with Crippen molar-refractivity contribution in [2.24, 2.45) is 11.8 Å². The van der Waals surface area contributed by atoms with E-state index in [1.165, 1.54) is 4.31 Å². The van der Waals surface area contributed by atoms with Crippen LogP contribution in [0.3, 0.4) is 0 Å². The Balaban J connectivity index is 2.02. The molecule has 2 aromatic carbocycles. The van der Waals surface area contributed by atoms with Gasteiger partial charge in [0.2, 0.25) is 5.91 Å². The summed E-state index contributed by atoms with van der Waals surface area (Å²) in [5, 5.41) is 3.03. The van der Waals surface area contributed by atoms with Crippen molar-refractivity contribution in [3.8, 4) is 11.1 Å². The van der Waals surface area contributed by atoms with Gasteiger partial charge in [0.05, 0.1) is 10.6 Å². The van der Waals surface area contributed by atoms with Gasteiger partial charge in [-0.1, -0.05) is 58.9 Å². The zero-order valence-corrected chi connectivity index (χ0v) is 18.6. The van der Waals surface area contributed by atoms with Crippen molar-refractivity contribution in [1.29, 1.82) is 0 Å². The number of benzene rings is 2. The summed E-state index contributed by atoms with van der Waals surface area (Å²) in [7, 11) is -3.81. The summed E-state index contributed by atoms with van der Waals surface area (Å²) in [5.41, 5.74) is 3.23. The molecule has 0 unspecified atom stereocenters. The smallest absolute Gasteiger partial charge is 0.265 e. The second-order valence-electron chi connectivity index (χ2n) is 8.29. The van der Waals surface area contributed by atoms with Crippen LogP contribution in [0.25, 0.3) is 11.1 Å². The van der Waals surface area contributed by atoms with Crippen molar-refractivity contribution in [3.05, 3.63) is 48.0 Å². The first-order valence-corrected chi connectivity index (χ1v) is 11.6. The van der Waals surface area contributed by atoms with Crippen LogP contribution in [-0.2, 0) is 21.2 Å². The Bertz CT molecular complexity index is 1000. The van der Waals surface area contributed by atoms with Gasteiger partial charge in [-0.3, -0.25) is 9.10 Å². The molecule has 0 aliphatic carbocycles. The van der Waals surface area contributed by atoms with Crippen molar-refractivity contribution in [2.45, 2.75) is 52.0 Å². The molecule has 1 aliphatic rings. The highest BCUT2D eigenvalue weighted by Gasteiger charge is 2.36. The molecule has 0 fully saturated rings. The van der Waals surface area contributed by atoms with E-state index in [0.29, 0.717) is 11.3 Å². The summed E-state index contributed by atoms with van der Waals surface area (Å²) in [6.07, 6.45) is 0.854. The van der Waals surface area contributed by atoms with Crippen LogP contribution in [0.5, 0.6) is 0 Å².